The van der Waals surface area contributed by atoms with Crippen molar-refractivity contribution in [2.24, 2.45) is 0 Å². The first-order chi connectivity index (χ1) is 19.8. The van der Waals surface area contributed by atoms with Crippen LogP contribution < -0.4 is 0 Å². The van der Waals surface area contributed by atoms with E-state index in [0.29, 0.717) is 17.7 Å². The molecule has 2 rings (SSSR count). The first kappa shape index (κ1) is 34.1. The molecule has 0 bridgehead atoms. The molecule has 0 radical (unpaired) electrons. The van der Waals surface area contributed by atoms with Gasteiger partial charge in [-0.05, 0) is 17.7 Å². The Morgan fingerprint density at radius 1 is 0.786 bits per heavy atom. The van der Waals surface area contributed by atoms with E-state index in [1.807, 2.05) is 0 Å². The van der Waals surface area contributed by atoms with Crippen LogP contribution in [0.3, 0.4) is 0 Å². The molecule has 42 heavy (non-hydrogen) atoms. The molecule has 2 atom stereocenters. The van der Waals surface area contributed by atoms with Gasteiger partial charge >= 0.3 is 36.4 Å². The third kappa shape index (κ3) is 9.76. The van der Waals surface area contributed by atoms with Crippen LogP contribution in [0.2, 0.25) is 0 Å². The highest BCUT2D eigenvalue weighted by Crippen LogP contribution is 2.25. The number of carbonyl (C=O) groups excluding carboxylic acids is 3. The number of carboxylic acids is 1. The SMILES string of the molecule is COCCOC(=O)c1cc(C(=O)OCC(O)c2ccccc2)c(C(=O)O)cc1C(=O)OCC(O)COC(F)(F)C(F)F. The monoisotopic (exact) mass is 606 g/mol. The second-order valence-electron chi connectivity index (χ2n) is 8.33. The zero-order valence-corrected chi connectivity index (χ0v) is 21.8. The van der Waals surface area contributed by atoms with Crippen molar-refractivity contribution in [1.82, 2.24) is 0 Å². The summed E-state index contributed by atoms with van der Waals surface area (Å²) in [5.41, 5.74) is -2.63. The molecule has 0 amide bonds. The van der Waals surface area contributed by atoms with Crippen molar-refractivity contribution in [2.75, 3.05) is 40.1 Å². The molecule has 2 unspecified atom stereocenters. The number of methoxy groups -OCH3 is 1. The van der Waals surface area contributed by atoms with E-state index in [4.69, 9.17) is 18.9 Å². The van der Waals surface area contributed by atoms with E-state index in [1.165, 1.54) is 7.11 Å². The molecule has 0 fully saturated rings. The van der Waals surface area contributed by atoms with Crippen LogP contribution in [0, 0.1) is 0 Å². The number of aromatic carboxylic acids is 1. The molecule has 0 spiro atoms. The average Bonchev–Trinajstić information content (AvgIpc) is 2.97. The molecule has 230 valence electrons. The van der Waals surface area contributed by atoms with Crippen LogP contribution in [-0.2, 0) is 23.7 Å². The molecule has 0 saturated carbocycles. The zero-order valence-electron chi connectivity index (χ0n) is 21.8. The minimum Gasteiger partial charge on any atom is -0.478 e. The molecule has 0 heterocycles. The van der Waals surface area contributed by atoms with Gasteiger partial charge in [-0.3, -0.25) is 0 Å². The van der Waals surface area contributed by atoms with Gasteiger partial charge in [0.2, 0.25) is 0 Å². The Balaban J connectivity index is 2.31. The fourth-order valence-corrected chi connectivity index (χ4v) is 3.15. The summed E-state index contributed by atoms with van der Waals surface area (Å²) < 4.78 is 73.2. The maximum atomic E-state index is 12.9. The molecular weight excluding hydrogens is 580 g/mol. The predicted molar refractivity (Wildman–Crippen MR) is 130 cm³/mol. The Morgan fingerprint density at radius 3 is 1.86 bits per heavy atom. The van der Waals surface area contributed by atoms with Crippen LogP contribution in [0.1, 0.15) is 53.1 Å². The lowest BCUT2D eigenvalue weighted by atomic mass is 9.98. The van der Waals surface area contributed by atoms with Gasteiger partial charge < -0.3 is 39.0 Å². The second-order valence-corrected chi connectivity index (χ2v) is 8.33. The highest BCUT2D eigenvalue weighted by molar-refractivity contribution is 6.10. The topological polar surface area (TPSA) is 175 Å². The van der Waals surface area contributed by atoms with Gasteiger partial charge in [-0.15, -0.1) is 0 Å². The van der Waals surface area contributed by atoms with Gasteiger partial charge in [-0.25, -0.2) is 28.0 Å². The quantitative estimate of drug-likeness (QED) is 0.110. The third-order valence-corrected chi connectivity index (χ3v) is 5.25. The number of alkyl halides is 4. The largest absolute Gasteiger partial charge is 0.478 e. The van der Waals surface area contributed by atoms with Crippen LogP contribution >= 0.6 is 0 Å². The molecule has 2 aromatic rings. The summed E-state index contributed by atoms with van der Waals surface area (Å²) in [6, 6.07) is 9.26. The summed E-state index contributed by atoms with van der Waals surface area (Å²) in [6.45, 7) is -3.50. The number of halogens is 4. The summed E-state index contributed by atoms with van der Waals surface area (Å²) >= 11 is 0. The number of carboxylic acid groups (broad SMARTS) is 1. The van der Waals surface area contributed by atoms with Gasteiger partial charge in [0.05, 0.1) is 35.5 Å². The van der Waals surface area contributed by atoms with Gasteiger partial charge in [0.15, 0.2) is 0 Å². The molecule has 0 aliphatic rings. The number of esters is 3. The van der Waals surface area contributed by atoms with E-state index in [-0.39, 0.29) is 13.2 Å². The Bertz CT molecular complexity index is 1240. The number of aliphatic hydroxyl groups excluding tert-OH is 2. The molecule has 0 saturated heterocycles. The highest BCUT2D eigenvalue weighted by Gasteiger charge is 2.42. The van der Waals surface area contributed by atoms with Gasteiger partial charge in [0.1, 0.15) is 32.0 Å². The first-order valence-electron chi connectivity index (χ1n) is 11.9. The maximum absolute atomic E-state index is 12.9. The lowest BCUT2D eigenvalue weighted by molar-refractivity contribution is -0.307. The minimum atomic E-state index is -4.89. The molecule has 16 heteroatoms. The second kappa shape index (κ2) is 15.8. The van der Waals surface area contributed by atoms with E-state index in [0.717, 1.165) is 0 Å². The minimum absolute atomic E-state index is 0.0829. The van der Waals surface area contributed by atoms with Crippen molar-refractivity contribution < 1.29 is 75.7 Å². The van der Waals surface area contributed by atoms with Gasteiger partial charge in [0.25, 0.3) is 0 Å². The Kier molecular flexibility index (Phi) is 12.8. The van der Waals surface area contributed by atoms with Gasteiger partial charge in [0, 0.05) is 7.11 Å². The van der Waals surface area contributed by atoms with Crippen LogP contribution in [0.5, 0.6) is 0 Å². The van der Waals surface area contributed by atoms with Crippen LogP contribution in [0.15, 0.2) is 42.5 Å². The molecule has 3 N–H and O–H groups in total. The lowest BCUT2D eigenvalue weighted by Gasteiger charge is -2.18. The van der Waals surface area contributed by atoms with Crippen molar-refractivity contribution >= 4 is 23.9 Å². The van der Waals surface area contributed by atoms with E-state index >= 15 is 0 Å². The van der Waals surface area contributed by atoms with Crippen LogP contribution in [0.25, 0.3) is 0 Å². The summed E-state index contributed by atoms with van der Waals surface area (Å²) in [5, 5.41) is 29.6. The number of benzene rings is 2. The summed E-state index contributed by atoms with van der Waals surface area (Å²) in [7, 11) is 1.29. The van der Waals surface area contributed by atoms with E-state index in [2.05, 4.69) is 4.74 Å². The standard InChI is InChI=1S/C26H26F4O12/c1-38-7-8-39-22(35)19-10-17(23(36)41-13-20(32)14-5-3-2-4-6-14)16(21(33)34)9-18(19)24(37)40-11-15(31)12-42-26(29,30)25(27)28/h2-6,9-10,15,20,25,31-32H,7-8,11-13H2,1H3,(H,33,34). The van der Waals surface area contributed by atoms with Gasteiger partial charge in [-0.1, -0.05) is 30.3 Å². The molecular formula is C26H26F4O12. The number of rotatable bonds is 16. The number of hydrogen-bond acceptors (Lipinski definition) is 11. The molecule has 0 aromatic heterocycles. The first-order valence-corrected chi connectivity index (χ1v) is 11.9. The highest BCUT2D eigenvalue weighted by atomic mass is 19.3. The third-order valence-electron chi connectivity index (χ3n) is 5.25. The Labute approximate surface area is 235 Å². The van der Waals surface area contributed by atoms with E-state index in [9.17, 15) is 52.1 Å². The van der Waals surface area contributed by atoms with Crippen LogP contribution in [-0.4, -0.2) is 98.0 Å². The number of carbonyl (C=O) groups is 4. The van der Waals surface area contributed by atoms with Crippen molar-refractivity contribution in [3.05, 3.63) is 70.3 Å². The van der Waals surface area contributed by atoms with Crippen molar-refractivity contribution in [3.63, 3.8) is 0 Å². The van der Waals surface area contributed by atoms with Crippen molar-refractivity contribution in [2.45, 2.75) is 24.7 Å². The normalized spacial score (nSPS) is 12.9. The smallest absolute Gasteiger partial charge is 0.416 e. The predicted octanol–water partition coefficient (Wildman–Crippen LogP) is 2.47. The van der Waals surface area contributed by atoms with E-state index in [1.54, 1.807) is 30.3 Å². The number of ether oxygens (including phenoxy) is 5. The van der Waals surface area contributed by atoms with Crippen molar-refractivity contribution in [1.29, 1.82) is 0 Å². The zero-order chi connectivity index (χ0) is 31.4. The Hall–Kier alpha value is -4.12. The van der Waals surface area contributed by atoms with Crippen molar-refractivity contribution in [3.8, 4) is 0 Å². The summed E-state index contributed by atoms with van der Waals surface area (Å²) in [6.07, 6.45) is -12.4. The molecule has 12 nitrogen and oxygen atoms in total. The number of hydrogen-bond donors (Lipinski definition) is 3. The van der Waals surface area contributed by atoms with E-state index < -0.39 is 90.7 Å². The average molecular weight is 606 g/mol. The summed E-state index contributed by atoms with van der Waals surface area (Å²) in [4.78, 5) is 50.2. The fraction of sp³-hybridized carbons (Fsp3) is 0.385. The number of aliphatic hydroxyl groups is 2. The fourth-order valence-electron chi connectivity index (χ4n) is 3.15. The molecule has 0 aliphatic heterocycles. The van der Waals surface area contributed by atoms with Crippen LogP contribution in [0.4, 0.5) is 17.6 Å². The molecule has 0 aliphatic carbocycles. The maximum Gasteiger partial charge on any atom is 0.416 e. The summed E-state index contributed by atoms with van der Waals surface area (Å²) in [5.74, 6) is -5.76. The Morgan fingerprint density at radius 2 is 1.31 bits per heavy atom. The lowest BCUT2D eigenvalue weighted by Crippen LogP contribution is -2.35. The van der Waals surface area contributed by atoms with Gasteiger partial charge in [-0.2, -0.15) is 8.78 Å². The molecule has 2 aromatic carbocycles.